The second-order valence-corrected chi connectivity index (χ2v) is 7.12. The minimum Gasteiger partial charge on any atom is -0.456 e. The number of para-hydroxylation sites is 3. The van der Waals surface area contributed by atoms with Crippen molar-refractivity contribution in [1.82, 2.24) is 14.4 Å². The molecule has 4 aromatic heterocycles. The lowest BCUT2D eigenvalue weighted by atomic mass is 10.1. The van der Waals surface area contributed by atoms with Crippen LogP contribution in [-0.2, 0) is 0 Å². The molecule has 0 saturated heterocycles. The third kappa shape index (κ3) is 1.65. The van der Waals surface area contributed by atoms with E-state index in [1.807, 2.05) is 42.6 Å². The van der Waals surface area contributed by atoms with E-state index >= 15 is 0 Å². The number of hydrogen-bond donors (Lipinski definition) is 0. The van der Waals surface area contributed by atoms with Gasteiger partial charge in [-0.05, 0) is 42.5 Å². The first-order valence-corrected chi connectivity index (χ1v) is 9.27. The highest BCUT2D eigenvalue weighted by molar-refractivity contribution is 6.19. The van der Waals surface area contributed by atoms with Gasteiger partial charge in [0.2, 0.25) is 0 Å². The molecule has 0 bridgehead atoms. The molecule has 0 radical (unpaired) electrons. The molecule has 0 aliphatic carbocycles. The van der Waals surface area contributed by atoms with Crippen molar-refractivity contribution in [3.63, 3.8) is 0 Å². The van der Waals surface area contributed by atoms with Crippen LogP contribution in [0, 0.1) is 0 Å². The van der Waals surface area contributed by atoms with Crippen LogP contribution in [-0.4, -0.2) is 14.4 Å². The molecular weight excluding hydrogens is 346 g/mol. The van der Waals surface area contributed by atoms with Crippen molar-refractivity contribution in [3.8, 4) is 0 Å². The molecule has 0 saturated carbocycles. The Kier molecular flexibility index (Phi) is 2.46. The van der Waals surface area contributed by atoms with Crippen LogP contribution < -0.4 is 0 Å². The Hall–Kier alpha value is -3.92. The van der Waals surface area contributed by atoms with Crippen molar-refractivity contribution in [3.05, 3.63) is 79.0 Å². The van der Waals surface area contributed by atoms with Gasteiger partial charge in [-0.15, -0.1) is 0 Å². The molecule has 0 unspecified atom stereocenters. The van der Waals surface area contributed by atoms with E-state index in [0.717, 1.165) is 60.4 Å². The van der Waals surface area contributed by atoms with E-state index in [1.54, 1.807) is 0 Å². The fourth-order valence-electron chi connectivity index (χ4n) is 4.39. The molecule has 4 heterocycles. The van der Waals surface area contributed by atoms with Crippen LogP contribution in [0.2, 0.25) is 0 Å². The van der Waals surface area contributed by atoms with Crippen molar-refractivity contribution in [2.45, 2.75) is 0 Å². The second-order valence-electron chi connectivity index (χ2n) is 7.12. The number of aromatic nitrogens is 3. The van der Waals surface area contributed by atoms with E-state index in [4.69, 9.17) is 14.4 Å². The zero-order valence-corrected chi connectivity index (χ0v) is 14.8. The van der Waals surface area contributed by atoms with Gasteiger partial charge in [-0.3, -0.25) is 9.38 Å². The SMILES string of the molecule is c1ccc2c(c1)nc1c3cc4oc5ccccc5c4cc3c3ncccc3n21. The molecule has 0 aliphatic rings. The maximum absolute atomic E-state index is 6.14. The first kappa shape index (κ1) is 14.2. The molecule has 130 valence electrons. The molecule has 0 fully saturated rings. The summed E-state index contributed by atoms with van der Waals surface area (Å²) in [6.07, 6.45) is 1.85. The first-order chi connectivity index (χ1) is 13.9. The molecule has 0 spiro atoms. The van der Waals surface area contributed by atoms with Crippen molar-refractivity contribution in [2.75, 3.05) is 0 Å². The summed E-state index contributed by atoms with van der Waals surface area (Å²) >= 11 is 0. The van der Waals surface area contributed by atoms with Crippen molar-refractivity contribution >= 4 is 60.4 Å². The Morgan fingerprint density at radius 2 is 1.54 bits per heavy atom. The summed E-state index contributed by atoms with van der Waals surface area (Å²) in [6.45, 7) is 0. The van der Waals surface area contributed by atoms with Crippen molar-refractivity contribution in [1.29, 1.82) is 0 Å². The highest BCUT2D eigenvalue weighted by atomic mass is 16.3. The summed E-state index contributed by atoms with van der Waals surface area (Å²) in [5.41, 5.74) is 6.80. The smallest absolute Gasteiger partial charge is 0.146 e. The van der Waals surface area contributed by atoms with Gasteiger partial charge in [0.15, 0.2) is 0 Å². The fraction of sp³-hybridized carbons (Fsp3) is 0. The number of benzene rings is 3. The van der Waals surface area contributed by atoms with Gasteiger partial charge in [-0.1, -0.05) is 30.3 Å². The van der Waals surface area contributed by atoms with Gasteiger partial charge in [0.05, 0.1) is 22.1 Å². The van der Waals surface area contributed by atoms with Crippen LogP contribution >= 0.6 is 0 Å². The molecule has 0 amide bonds. The highest BCUT2D eigenvalue weighted by Gasteiger charge is 2.16. The number of pyridine rings is 2. The Labute approximate surface area is 158 Å². The third-order valence-electron chi connectivity index (χ3n) is 5.60. The maximum atomic E-state index is 6.14. The van der Waals surface area contributed by atoms with E-state index in [0.29, 0.717) is 0 Å². The minimum absolute atomic E-state index is 0.873. The van der Waals surface area contributed by atoms with Gasteiger partial charge < -0.3 is 4.42 Å². The molecule has 0 atom stereocenters. The zero-order chi connectivity index (χ0) is 18.2. The predicted molar refractivity (Wildman–Crippen MR) is 113 cm³/mol. The molecule has 4 heteroatoms. The summed E-state index contributed by atoms with van der Waals surface area (Å²) in [5, 5.41) is 4.37. The van der Waals surface area contributed by atoms with Crippen molar-refractivity contribution < 1.29 is 4.42 Å². The van der Waals surface area contributed by atoms with Crippen LogP contribution in [0.3, 0.4) is 0 Å². The van der Waals surface area contributed by atoms with E-state index in [2.05, 4.69) is 40.8 Å². The lowest BCUT2D eigenvalue weighted by Gasteiger charge is -2.08. The van der Waals surface area contributed by atoms with Gasteiger partial charge in [-0.2, -0.15) is 0 Å². The molecule has 7 rings (SSSR count). The Morgan fingerprint density at radius 1 is 0.679 bits per heavy atom. The second kappa shape index (κ2) is 4.87. The Morgan fingerprint density at radius 3 is 2.54 bits per heavy atom. The monoisotopic (exact) mass is 359 g/mol. The Bertz CT molecular complexity index is 1720. The summed E-state index contributed by atoms with van der Waals surface area (Å²) < 4.78 is 8.34. The lowest BCUT2D eigenvalue weighted by Crippen LogP contribution is -1.93. The molecule has 0 aliphatic heterocycles. The summed E-state index contributed by atoms with van der Waals surface area (Å²) in [7, 11) is 0. The number of rotatable bonds is 0. The van der Waals surface area contributed by atoms with Gasteiger partial charge in [0, 0.05) is 27.7 Å². The Balaban J connectivity index is 1.83. The summed E-state index contributed by atoms with van der Waals surface area (Å²) in [6, 6.07) is 24.8. The first-order valence-electron chi connectivity index (χ1n) is 9.27. The molecule has 0 N–H and O–H groups in total. The van der Waals surface area contributed by atoms with Crippen LogP contribution in [0.15, 0.2) is 83.4 Å². The van der Waals surface area contributed by atoms with E-state index in [1.165, 1.54) is 0 Å². The number of nitrogens with zero attached hydrogens (tertiary/aromatic N) is 3. The lowest BCUT2D eigenvalue weighted by molar-refractivity contribution is 0.669. The number of fused-ring (bicyclic) bond motifs is 11. The quantitative estimate of drug-likeness (QED) is 0.308. The molecule has 3 aromatic carbocycles. The predicted octanol–water partition coefficient (Wildman–Crippen LogP) is 6.09. The van der Waals surface area contributed by atoms with E-state index < -0.39 is 0 Å². The van der Waals surface area contributed by atoms with Crippen LogP contribution in [0.1, 0.15) is 0 Å². The largest absolute Gasteiger partial charge is 0.456 e. The topological polar surface area (TPSA) is 43.3 Å². The molecular formula is C24H13N3O. The van der Waals surface area contributed by atoms with Crippen LogP contribution in [0.4, 0.5) is 0 Å². The van der Waals surface area contributed by atoms with Gasteiger partial charge >= 0.3 is 0 Å². The van der Waals surface area contributed by atoms with Crippen molar-refractivity contribution in [2.24, 2.45) is 0 Å². The average molecular weight is 359 g/mol. The van der Waals surface area contributed by atoms with Gasteiger partial charge in [-0.25, -0.2) is 4.98 Å². The average Bonchev–Trinajstić information content (AvgIpc) is 3.31. The number of furan rings is 1. The standard InChI is InChI=1S/C24H13N3O/c1-4-10-21-14(6-1)15-12-16-17(13-22(15)28-21)24-26-18-7-2-3-8-19(18)27(24)20-9-5-11-25-23(16)20/h1-13H. The third-order valence-corrected chi connectivity index (χ3v) is 5.60. The maximum Gasteiger partial charge on any atom is 0.146 e. The molecule has 7 aromatic rings. The minimum atomic E-state index is 0.873. The highest BCUT2D eigenvalue weighted by Crippen LogP contribution is 2.37. The summed E-state index contributed by atoms with van der Waals surface area (Å²) in [5.74, 6) is 0. The normalized spacial score (nSPS) is 12.3. The zero-order valence-electron chi connectivity index (χ0n) is 14.8. The van der Waals surface area contributed by atoms with E-state index in [-0.39, 0.29) is 0 Å². The van der Waals surface area contributed by atoms with E-state index in [9.17, 15) is 0 Å². The summed E-state index contributed by atoms with van der Waals surface area (Å²) in [4.78, 5) is 9.69. The number of imidazole rings is 1. The number of hydrogen-bond acceptors (Lipinski definition) is 3. The van der Waals surface area contributed by atoms with Crippen LogP contribution in [0.25, 0.3) is 60.4 Å². The van der Waals surface area contributed by atoms with Gasteiger partial charge in [0.25, 0.3) is 0 Å². The van der Waals surface area contributed by atoms with Crippen LogP contribution in [0.5, 0.6) is 0 Å². The molecule has 28 heavy (non-hydrogen) atoms. The van der Waals surface area contributed by atoms with Gasteiger partial charge in [0.1, 0.15) is 16.8 Å². The fourth-order valence-corrected chi connectivity index (χ4v) is 4.39. The molecule has 4 nitrogen and oxygen atoms in total.